The molecule has 0 bridgehead atoms. The van der Waals surface area contributed by atoms with Crippen LogP contribution in [0.4, 0.5) is 4.79 Å². The molecule has 1 aromatic heterocycles. The number of hydrogen-bond donors (Lipinski definition) is 2. The predicted molar refractivity (Wildman–Crippen MR) is 173 cm³/mol. The van der Waals surface area contributed by atoms with Crippen molar-refractivity contribution in [2.75, 3.05) is 27.2 Å². The average Bonchev–Trinajstić information content (AvgIpc) is 3.37. The van der Waals surface area contributed by atoms with Gasteiger partial charge in [-0.05, 0) is 115 Å². The quantitative estimate of drug-likeness (QED) is 0.279. The van der Waals surface area contributed by atoms with E-state index in [9.17, 15) is 4.79 Å². The summed E-state index contributed by atoms with van der Waals surface area (Å²) in [7, 11) is 4.18. The molecule has 2 N–H and O–H groups in total. The average molecular weight is 588 g/mol. The second-order valence-corrected chi connectivity index (χ2v) is 13.3. The van der Waals surface area contributed by atoms with Gasteiger partial charge in [-0.25, -0.2) is 4.79 Å². The van der Waals surface area contributed by atoms with E-state index in [1.165, 1.54) is 22.4 Å². The van der Waals surface area contributed by atoms with Crippen molar-refractivity contribution in [3.8, 4) is 11.5 Å². The number of likely N-dealkylation sites (N-methyl/N-ethyl adjacent to an activating group) is 1. The van der Waals surface area contributed by atoms with E-state index in [0.717, 1.165) is 79.7 Å². The molecular formula is C36H49N3O4. The standard InChI is InChI=1S/C36H49N3O4/c1-8-10-25-18-31(34-27-17-23(2)13-14-28(27)36(4,5)43-32(34)19-25)42-35(40)38-20-24(3)22-41-30-12-9-11-29-33(30)26(21-37-29)15-16-39(6)7/h12,17-21,27-28,37H,8-11,13-16,22H2,1-7H3,(H,38,40)/b24-20+. The minimum absolute atomic E-state index is 0.154. The zero-order valence-electron chi connectivity index (χ0n) is 27.1. The van der Waals surface area contributed by atoms with Crippen LogP contribution in [-0.2, 0) is 24.0 Å². The topological polar surface area (TPSA) is 75.8 Å². The third-order valence-corrected chi connectivity index (χ3v) is 8.99. The number of carbonyl (C=O) groups excluding carboxylic acids is 1. The van der Waals surface area contributed by atoms with Crippen LogP contribution >= 0.6 is 0 Å². The molecule has 2 aromatic rings. The number of benzene rings is 1. The van der Waals surface area contributed by atoms with Gasteiger partial charge >= 0.3 is 6.09 Å². The number of aromatic amines is 1. The fourth-order valence-electron chi connectivity index (χ4n) is 6.76. The first-order valence-corrected chi connectivity index (χ1v) is 15.9. The predicted octanol–water partition coefficient (Wildman–Crippen LogP) is 7.68. The lowest BCUT2D eigenvalue weighted by Crippen LogP contribution is -2.45. The molecule has 7 nitrogen and oxygen atoms in total. The first kappa shape index (κ1) is 31.0. The van der Waals surface area contributed by atoms with Crippen LogP contribution in [0.3, 0.4) is 0 Å². The molecule has 1 aromatic carbocycles. The van der Waals surface area contributed by atoms with E-state index in [4.69, 9.17) is 14.2 Å². The highest BCUT2D eigenvalue weighted by molar-refractivity contribution is 5.73. The second kappa shape index (κ2) is 13.0. The Bertz CT molecular complexity index is 1430. The maximum atomic E-state index is 13.1. The van der Waals surface area contributed by atoms with E-state index in [0.29, 0.717) is 18.3 Å². The molecular weight excluding hydrogens is 538 g/mol. The largest absolute Gasteiger partial charge is 0.489 e. The Morgan fingerprint density at radius 3 is 2.81 bits per heavy atom. The van der Waals surface area contributed by atoms with Crippen molar-refractivity contribution in [3.05, 3.63) is 75.8 Å². The molecule has 1 aliphatic heterocycles. The van der Waals surface area contributed by atoms with Gasteiger partial charge in [0.2, 0.25) is 0 Å². The summed E-state index contributed by atoms with van der Waals surface area (Å²) in [6.45, 7) is 12.0. The van der Waals surface area contributed by atoms with Gasteiger partial charge in [0.15, 0.2) is 0 Å². The third kappa shape index (κ3) is 7.04. The Balaban J connectivity index is 1.28. The van der Waals surface area contributed by atoms with Gasteiger partial charge in [0.1, 0.15) is 29.5 Å². The highest BCUT2D eigenvalue weighted by atomic mass is 16.6. The van der Waals surface area contributed by atoms with Crippen LogP contribution in [-0.4, -0.2) is 48.8 Å². The van der Waals surface area contributed by atoms with Crippen LogP contribution in [0.25, 0.3) is 5.76 Å². The van der Waals surface area contributed by atoms with Crippen LogP contribution in [0.15, 0.2) is 47.8 Å². The van der Waals surface area contributed by atoms with Gasteiger partial charge in [0, 0.05) is 47.6 Å². The Morgan fingerprint density at radius 1 is 1.23 bits per heavy atom. The van der Waals surface area contributed by atoms with Crippen LogP contribution in [0.1, 0.15) is 94.2 Å². The number of H-pyrrole nitrogens is 1. The van der Waals surface area contributed by atoms with E-state index in [2.05, 4.69) is 81.4 Å². The van der Waals surface area contributed by atoms with E-state index in [-0.39, 0.29) is 11.5 Å². The molecule has 2 unspecified atom stereocenters. The van der Waals surface area contributed by atoms with E-state index < -0.39 is 6.09 Å². The molecule has 7 heteroatoms. The van der Waals surface area contributed by atoms with Crippen molar-refractivity contribution >= 4 is 11.9 Å². The van der Waals surface area contributed by atoms with Gasteiger partial charge < -0.3 is 24.1 Å². The highest BCUT2D eigenvalue weighted by Gasteiger charge is 2.45. The number of nitrogens with one attached hydrogen (secondary N) is 2. The number of allylic oxidation sites excluding steroid dienone is 3. The van der Waals surface area contributed by atoms with Crippen LogP contribution < -0.4 is 14.8 Å². The first-order chi connectivity index (χ1) is 20.6. The molecule has 0 saturated carbocycles. The van der Waals surface area contributed by atoms with Crippen LogP contribution in [0.5, 0.6) is 11.5 Å². The van der Waals surface area contributed by atoms with Crippen molar-refractivity contribution in [3.63, 3.8) is 0 Å². The molecule has 232 valence electrons. The fraction of sp³-hybridized carbons (Fsp3) is 0.528. The number of hydrogen-bond acceptors (Lipinski definition) is 5. The number of aryl methyl sites for hydroxylation is 2. The smallest absolute Gasteiger partial charge is 0.416 e. The van der Waals surface area contributed by atoms with Crippen molar-refractivity contribution in [1.29, 1.82) is 0 Å². The maximum Gasteiger partial charge on any atom is 0.416 e. The number of amides is 1. The molecule has 1 amide bonds. The maximum absolute atomic E-state index is 13.1. The Morgan fingerprint density at radius 2 is 2.05 bits per heavy atom. The number of aromatic nitrogens is 1. The van der Waals surface area contributed by atoms with Crippen LogP contribution in [0, 0.1) is 5.92 Å². The number of rotatable bonds is 10. The van der Waals surface area contributed by atoms with E-state index >= 15 is 0 Å². The lowest BCUT2D eigenvalue weighted by atomic mass is 9.68. The van der Waals surface area contributed by atoms with Gasteiger partial charge in [0.05, 0.1) is 0 Å². The van der Waals surface area contributed by atoms with E-state index in [1.807, 2.05) is 13.0 Å². The number of ether oxygens (including phenoxy) is 3. The van der Waals surface area contributed by atoms with Gasteiger partial charge in [-0.15, -0.1) is 0 Å². The summed E-state index contributed by atoms with van der Waals surface area (Å²) in [5, 5.41) is 2.84. The molecule has 0 fully saturated rings. The summed E-state index contributed by atoms with van der Waals surface area (Å²) in [6.07, 6.45) is 14.7. The summed E-state index contributed by atoms with van der Waals surface area (Å²) in [6, 6.07) is 4.17. The van der Waals surface area contributed by atoms with Crippen molar-refractivity contribution in [2.24, 2.45) is 5.92 Å². The number of carbonyl (C=O) groups is 1. The molecule has 3 aliphatic rings. The number of fused-ring (bicyclic) bond motifs is 4. The molecule has 2 atom stereocenters. The molecule has 0 radical (unpaired) electrons. The Labute approximate surface area is 257 Å². The Hall–Kier alpha value is -3.45. The van der Waals surface area contributed by atoms with Crippen molar-refractivity contribution in [2.45, 2.75) is 91.1 Å². The monoisotopic (exact) mass is 587 g/mol. The lowest BCUT2D eigenvalue weighted by molar-refractivity contribution is 0.0108. The van der Waals surface area contributed by atoms with Crippen molar-refractivity contribution < 1.29 is 19.0 Å². The van der Waals surface area contributed by atoms with Crippen molar-refractivity contribution in [1.82, 2.24) is 15.2 Å². The molecule has 0 saturated heterocycles. The minimum Gasteiger partial charge on any atom is -0.489 e. The summed E-state index contributed by atoms with van der Waals surface area (Å²) in [4.78, 5) is 18.8. The summed E-state index contributed by atoms with van der Waals surface area (Å²) in [5.74, 6) is 2.82. The van der Waals surface area contributed by atoms with Crippen LogP contribution in [0.2, 0.25) is 0 Å². The normalized spacial score (nSPS) is 20.7. The molecule has 5 rings (SSSR count). The SMILES string of the molecule is CCCc1cc(OC(=O)N/C=C(\C)COC2=CCCc3[nH]cc(CCN(C)C)c32)c2c(c1)OC(C)(C)C1CCC(C)=CC21. The second-order valence-electron chi connectivity index (χ2n) is 13.3. The van der Waals surface area contributed by atoms with E-state index in [1.54, 1.807) is 6.20 Å². The Kier molecular flexibility index (Phi) is 9.40. The van der Waals surface area contributed by atoms with Gasteiger partial charge in [-0.3, -0.25) is 5.32 Å². The van der Waals surface area contributed by atoms with Gasteiger partial charge in [-0.1, -0.05) is 25.0 Å². The summed E-state index contributed by atoms with van der Waals surface area (Å²) in [5.41, 5.74) is 7.80. The highest BCUT2D eigenvalue weighted by Crippen LogP contribution is 2.53. The number of nitrogens with zero attached hydrogens (tertiary/aromatic N) is 1. The zero-order chi connectivity index (χ0) is 30.7. The molecule has 43 heavy (non-hydrogen) atoms. The zero-order valence-corrected chi connectivity index (χ0v) is 27.1. The third-order valence-electron chi connectivity index (χ3n) is 8.99. The summed E-state index contributed by atoms with van der Waals surface area (Å²) >= 11 is 0. The summed E-state index contributed by atoms with van der Waals surface area (Å²) < 4.78 is 18.9. The van der Waals surface area contributed by atoms with Gasteiger partial charge in [-0.2, -0.15) is 0 Å². The molecule has 0 spiro atoms. The van der Waals surface area contributed by atoms with Gasteiger partial charge in [0.25, 0.3) is 0 Å². The lowest BCUT2D eigenvalue weighted by Gasteiger charge is -2.46. The first-order valence-electron chi connectivity index (χ1n) is 15.9. The molecule has 2 aliphatic carbocycles. The minimum atomic E-state index is -0.510. The fourth-order valence-corrected chi connectivity index (χ4v) is 6.76. The molecule has 2 heterocycles.